The van der Waals surface area contributed by atoms with E-state index in [1.165, 1.54) is 0 Å². The van der Waals surface area contributed by atoms with Crippen LogP contribution in [0.5, 0.6) is 11.5 Å². The lowest BCUT2D eigenvalue weighted by molar-refractivity contribution is 0.204. The molecular weight excluding hydrogens is 385 g/mol. The molecule has 0 aliphatic carbocycles. The van der Waals surface area contributed by atoms with Crippen molar-refractivity contribution in [1.82, 2.24) is 5.32 Å². The van der Waals surface area contributed by atoms with Gasteiger partial charge in [0.05, 0.1) is 20.3 Å². The Morgan fingerprint density at radius 2 is 2.00 bits per heavy atom. The van der Waals surface area contributed by atoms with Crippen molar-refractivity contribution in [2.24, 2.45) is 4.99 Å². The Kier molecular flexibility index (Phi) is 10.8. The number of benzene rings is 1. The van der Waals surface area contributed by atoms with E-state index < -0.39 is 0 Å². The van der Waals surface area contributed by atoms with E-state index in [4.69, 9.17) is 14.2 Å². The van der Waals surface area contributed by atoms with Crippen molar-refractivity contribution >= 4 is 35.6 Å². The highest BCUT2D eigenvalue weighted by molar-refractivity contribution is 14.0. The summed E-state index contributed by atoms with van der Waals surface area (Å²) in [6.45, 7) is 3.82. The Morgan fingerprint density at radius 3 is 2.57 bits per heavy atom. The van der Waals surface area contributed by atoms with Gasteiger partial charge in [-0.1, -0.05) is 0 Å². The molecule has 6 nitrogen and oxygen atoms in total. The topological polar surface area (TPSA) is 64.1 Å². The number of nitrogens with zero attached hydrogens (tertiary/aromatic N) is 1. The van der Waals surface area contributed by atoms with Crippen molar-refractivity contribution < 1.29 is 14.2 Å². The van der Waals surface area contributed by atoms with Gasteiger partial charge in [0, 0.05) is 32.5 Å². The molecule has 1 rings (SSSR count). The zero-order chi connectivity index (χ0) is 14.8. The molecule has 2 N–H and O–H groups in total. The zero-order valence-electron chi connectivity index (χ0n) is 12.9. The maximum Gasteiger partial charge on any atom is 0.195 e. The summed E-state index contributed by atoms with van der Waals surface area (Å²) in [6, 6.07) is 5.64. The summed E-state index contributed by atoms with van der Waals surface area (Å²) in [5.74, 6) is 2.08. The van der Waals surface area contributed by atoms with Gasteiger partial charge in [0.1, 0.15) is 0 Å². The quantitative estimate of drug-likeness (QED) is 0.313. The summed E-state index contributed by atoms with van der Waals surface area (Å²) in [4.78, 5) is 4.14. The lowest BCUT2D eigenvalue weighted by atomic mass is 10.2. The van der Waals surface area contributed by atoms with Crippen LogP contribution in [0.4, 0.5) is 5.69 Å². The fourth-order valence-electron chi connectivity index (χ4n) is 1.61. The first kappa shape index (κ1) is 19.8. The Bertz CT molecular complexity index is 441. The van der Waals surface area contributed by atoms with Gasteiger partial charge >= 0.3 is 0 Å². The smallest absolute Gasteiger partial charge is 0.195 e. The van der Waals surface area contributed by atoms with E-state index in [9.17, 15) is 0 Å². The zero-order valence-corrected chi connectivity index (χ0v) is 15.3. The highest BCUT2D eigenvalue weighted by Crippen LogP contribution is 2.30. The fraction of sp³-hybridized carbons (Fsp3) is 0.500. The predicted octanol–water partition coefficient (Wildman–Crippen LogP) is 2.35. The molecule has 0 aliphatic rings. The number of rotatable bonds is 7. The Labute approximate surface area is 143 Å². The number of ether oxygens (including phenoxy) is 3. The van der Waals surface area contributed by atoms with Crippen LogP contribution in [0.1, 0.15) is 6.92 Å². The third kappa shape index (κ3) is 6.85. The van der Waals surface area contributed by atoms with Gasteiger partial charge in [0.25, 0.3) is 0 Å². The average Bonchev–Trinajstić information content (AvgIpc) is 2.47. The van der Waals surface area contributed by atoms with Crippen molar-refractivity contribution in [3.05, 3.63) is 18.2 Å². The molecule has 0 heterocycles. The largest absolute Gasteiger partial charge is 0.493 e. The van der Waals surface area contributed by atoms with Crippen molar-refractivity contribution in [1.29, 1.82) is 0 Å². The lowest BCUT2D eigenvalue weighted by Crippen LogP contribution is -2.33. The first-order chi connectivity index (χ1) is 9.74. The maximum atomic E-state index is 5.54. The molecule has 0 spiro atoms. The summed E-state index contributed by atoms with van der Waals surface area (Å²) in [6.07, 6.45) is 0. The number of anilines is 1. The van der Waals surface area contributed by atoms with Crippen molar-refractivity contribution in [3.8, 4) is 11.5 Å². The molecule has 0 bridgehead atoms. The second-order valence-electron chi connectivity index (χ2n) is 3.92. The second-order valence-corrected chi connectivity index (χ2v) is 3.92. The normalized spacial score (nSPS) is 10.6. The fourth-order valence-corrected chi connectivity index (χ4v) is 1.61. The molecule has 21 heavy (non-hydrogen) atoms. The minimum atomic E-state index is 0. The van der Waals surface area contributed by atoms with Gasteiger partial charge in [0.2, 0.25) is 0 Å². The second kappa shape index (κ2) is 11.4. The molecule has 0 fully saturated rings. The van der Waals surface area contributed by atoms with Gasteiger partial charge in [-0.15, -0.1) is 24.0 Å². The number of hydrogen-bond donors (Lipinski definition) is 2. The third-order valence-corrected chi connectivity index (χ3v) is 2.55. The summed E-state index contributed by atoms with van der Waals surface area (Å²) < 4.78 is 15.8. The summed E-state index contributed by atoms with van der Waals surface area (Å²) in [7, 11) is 5.00. The third-order valence-electron chi connectivity index (χ3n) is 2.55. The molecule has 0 radical (unpaired) electrons. The molecule has 0 atom stereocenters. The molecule has 0 aromatic heterocycles. The van der Waals surface area contributed by atoms with Crippen molar-refractivity contribution in [3.63, 3.8) is 0 Å². The van der Waals surface area contributed by atoms with Gasteiger partial charge < -0.3 is 24.8 Å². The first-order valence-corrected chi connectivity index (χ1v) is 6.52. The molecule has 1 aromatic carbocycles. The molecule has 120 valence electrons. The Morgan fingerprint density at radius 1 is 1.24 bits per heavy atom. The highest BCUT2D eigenvalue weighted by atomic mass is 127. The maximum absolute atomic E-state index is 5.54. The molecule has 0 saturated heterocycles. The van der Waals surface area contributed by atoms with E-state index in [0.717, 1.165) is 5.69 Å². The van der Waals surface area contributed by atoms with Gasteiger partial charge in [-0.2, -0.15) is 0 Å². The number of halogens is 1. The molecule has 7 heteroatoms. The number of hydrogen-bond acceptors (Lipinski definition) is 4. The summed E-state index contributed by atoms with van der Waals surface area (Å²) in [5, 5.41) is 6.33. The van der Waals surface area contributed by atoms with Crippen LogP contribution in [0.15, 0.2) is 23.2 Å². The van der Waals surface area contributed by atoms with Crippen LogP contribution < -0.4 is 20.1 Å². The molecule has 1 aromatic rings. The van der Waals surface area contributed by atoms with E-state index in [0.29, 0.717) is 37.2 Å². The number of nitrogens with one attached hydrogen (secondary N) is 2. The van der Waals surface area contributed by atoms with Crippen LogP contribution in [0.25, 0.3) is 0 Å². The lowest BCUT2D eigenvalue weighted by Gasteiger charge is -2.14. The monoisotopic (exact) mass is 409 g/mol. The first-order valence-electron chi connectivity index (χ1n) is 6.52. The molecule has 0 unspecified atom stereocenters. The van der Waals surface area contributed by atoms with Gasteiger partial charge in [-0.05, 0) is 19.1 Å². The molecular formula is C14H24IN3O3. The Hall–Kier alpha value is -1.22. The van der Waals surface area contributed by atoms with Crippen molar-refractivity contribution in [2.75, 3.05) is 46.3 Å². The average molecular weight is 409 g/mol. The van der Waals surface area contributed by atoms with E-state index in [1.54, 1.807) is 21.3 Å². The minimum absolute atomic E-state index is 0. The van der Waals surface area contributed by atoms with E-state index in [2.05, 4.69) is 15.6 Å². The Balaban J connectivity index is 0.00000400. The van der Waals surface area contributed by atoms with E-state index >= 15 is 0 Å². The number of guanidine groups is 1. The number of methoxy groups -OCH3 is 2. The van der Waals surface area contributed by atoms with Gasteiger partial charge in [-0.25, -0.2) is 0 Å². The van der Waals surface area contributed by atoms with Crippen molar-refractivity contribution in [2.45, 2.75) is 6.92 Å². The SMILES string of the molecule is CCOc1cc(NC(=NC)NCCOC)ccc1OC.I. The summed E-state index contributed by atoms with van der Waals surface area (Å²) in [5.41, 5.74) is 0.875. The van der Waals surface area contributed by atoms with Crippen LogP contribution in [0.2, 0.25) is 0 Å². The van der Waals surface area contributed by atoms with Gasteiger partial charge in [-0.3, -0.25) is 4.99 Å². The standard InChI is InChI=1S/C14H23N3O3.HI/c1-5-20-13-10-11(6-7-12(13)19-4)17-14(15-2)16-8-9-18-3;/h6-7,10H,5,8-9H2,1-4H3,(H2,15,16,17);1H. The molecule has 0 amide bonds. The van der Waals surface area contributed by atoms with Crippen LogP contribution in [0.3, 0.4) is 0 Å². The molecule has 0 saturated carbocycles. The van der Waals surface area contributed by atoms with Crippen LogP contribution in [-0.2, 0) is 4.74 Å². The summed E-state index contributed by atoms with van der Waals surface area (Å²) >= 11 is 0. The van der Waals surface area contributed by atoms with Gasteiger partial charge in [0.15, 0.2) is 17.5 Å². The number of aliphatic imine (C=N–C) groups is 1. The van der Waals surface area contributed by atoms with E-state index in [1.807, 2.05) is 25.1 Å². The highest BCUT2D eigenvalue weighted by Gasteiger charge is 2.06. The van der Waals surface area contributed by atoms with Crippen LogP contribution in [0, 0.1) is 0 Å². The van der Waals surface area contributed by atoms with E-state index in [-0.39, 0.29) is 24.0 Å². The minimum Gasteiger partial charge on any atom is -0.493 e. The van der Waals surface area contributed by atoms with Crippen LogP contribution in [-0.4, -0.2) is 47.0 Å². The molecule has 0 aliphatic heterocycles. The predicted molar refractivity (Wildman–Crippen MR) is 96.4 cm³/mol. The van der Waals surface area contributed by atoms with Crippen LogP contribution >= 0.6 is 24.0 Å².